The van der Waals surface area contributed by atoms with Crippen molar-refractivity contribution in [2.24, 2.45) is 22.1 Å². The van der Waals surface area contributed by atoms with Gasteiger partial charge in [0, 0.05) is 63.5 Å². The molecule has 9 unspecified atom stereocenters. The molecule has 14 heteroatoms. The molecular formula is C45H71N5O9. The van der Waals surface area contributed by atoms with Crippen molar-refractivity contribution in [2.75, 3.05) is 46.6 Å². The minimum absolute atomic E-state index is 0.104. The normalized spacial score (nSPS) is 25.2. The van der Waals surface area contributed by atoms with Crippen molar-refractivity contribution >= 4 is 11.9 Å². The molecule has 0 bridgehead atoms. The summed E-state index contributed by atoms with van der Waals surface area (Å²) < 4.78 is 30.0. The Labute approximate surface area is 352 Å². The number of esters is 2. The van der Waals surface area contributed by atoms with E-state index in [1.54, 1.807) is 19.3 Å². The highest BCUT2D eigenvalue weighted by molar-refractivity contribution is 5.81. The Balaban J connectivity index is 1.91. The van der Waals surface area contributed by atoms with Gasteiger partial charge in [0.05, 0.1) is 29.8 Å². The van der Waals surface area contributed by atoms with E-state index in [1.165, 1.54) is 0 Å². The SMILES string of the molecule is C=CC(=O)OCCN(CCOC(=O)C=C)C1C=CC(/N=N/C2CC(OCC(CC)CCCC)C(NC3C=CC([N+](=O)[O-])=CC3)C=C2OCC(CC)CCCC)C(OC)C1. The van der Waals surface area contributed by atoms with Gasteiger partial charge in [-0.3, -0.25) is 15.0 Å². The van der Waals surface area contributed by atoms with Gasteiger partial charge in [0.15, 0.2) is 0 Å². The number of nitrogens with one attached hydrogen (secondary N) is 1. The molecule has 1 N–H and O–H groups in total. The first-order chi connectivity index (χ1) is 28.6. The Bertz CT molecular complexity index is 1450. The molecule has 0 saturated heterocycles. The van der Waals surface area contributed by atoms with E-state index in [1.807, 2.05) is 12.2 Å². The van der Waals surface area contributed by atoms with E-state index in [0.717, 1.165) is 69.3 Å². The summed E-state index contributed by atoms with van der Waals surface area (Å²) in [6.07, 6.45) is 23.4. The molecule has 9 atom stereocenters. The van der Waals surface area contributed by atoms with Crippen LogP contribution in [0, 0.1) is 22.0 Å². The van der Waals surface area contributed by atoms with Crippen LogP contribution in [0.25, 0.3) is 0 Å². The highest BCUT2D eigenvalue weighted by Crippen LogP contribution is 2.31. The molecule has 0 radical (unpaired) electrons. The van der Waals surface area contributed by atoms with Crippen LogP contribution in [0.15, 0.2) is 83.5 Å². The van der Waals surface area contributed by atoms with Crippen molar-refractivity contribution in [3.05, 3.63) is 83.3 Å². The summed E-state index contributed by atoms with van der Waals surface area (Å²) in [6, 6.07) is -1.17. The largest absolute Gasteiger partial charge is 0.496 e. The Morgan fingerprint density at radius 3 is 2.12 bits per heavy atom. The number of carbonyl (C=O) groups excluding carboxylic acids is 2. The molecule has 330 valence electrons. The first-order valence-electron chi connectivity index (χ1n) is 21.8. The third-order valence-corrected chi connectivity index (χ3v) is 11.4. The average Bonchev–Trinajstić information content (AvgIpc) is 3.25. The van der Waals surface area contributed by atoms with Gasteiger partial charge >= 0.3 is 11.9 Å². The van der Waals surface area contributed by atoms with Crippen molar-refractivity contribution in [1.82, 2.24) is 10.2 Å². The fourth-order valence-corrected chi connectivity index (χ4v) is 7.53. The van der Waals surface area contributed by atoms with Gasteiger partial charge in [0.25, 0.3) is 5.70 Å². The summed E-state index contributed by atoms with van der Waals surface area (Å²) in [7, 11) is 1.66. The summed E-state index contributed by atoms with van der Waals surface area (Å²) in [6.45, 7) is 18.1. The molecule has 3 aliphatic rings. The van der Waals surface area contributed by atoms with Gasteiger partial charge in [-0.2, -0.15) is 10.2 Å². The summed E-state index contributed by atoms with van der Waals surface area (Å²) in [5, 5.41) is 25.0. The number of carbonyl (C=O) groups is 2. The number of rotatable bonds is 29. The fraction of sp³-hybridized carbons (Fsp3) is 0.689. The van der Waals surface area contributed by atoms with E-state index < -0.39 is 11.9 Å². The first kappa shape index (κ1) is 49.4. The monoisotopic (exact) mass is 826 g/mol. The molecule has 0 spiro atoms. The fourth-order valence-electron chi connectivity index (χ4n) is 7.53. The zero-order chi connectivity index (χ0) is 43.0. The van der Waals surface area contributed by atoms with Crippen LogP contribution in [0.5, 0.6) is 0 Å². The first-order valence-corrected chi connectivity index (χ1v) is 21.8. The smallest absolute Gasteiger partial charge is 0.330 e. The average molecular weight is 826 g/mol. The predicted molar refractivity (Wildman–Crippen MR) is 229 cm³/mol. The topological polar surface area (TPSA) is 163 Å². The van der Waals surface area contributed by atoms with E-state index in [4.69, 9.17) is 33.9 Å². The minimum Gasteiger partial charge on any atom is -0.496 e. The van der Waals surface area contributed by atoms with Crippen molar-refractivity contribution in [2.45, 2.75) is 141 Å². The van der Waals surface area contributed by atoms with Gasteiger partial charge in [0.1, 0.15) is 31.1 Å². The van der Waals surface area contributed by atoms with Crippen LogP contribution in [-0.4, -0.2) is 111 Å². The maximum absolute atomic E-state index is 11.7. The van der Waals surface area contributed by atoms with Gasteiger partial charge in [-0.25, -0.2) is 9.59 Å². The van der Waals surface area contributed by atoms with Crippen LogP contribution in [0.3, 0.4) is 0 Å². The third-order valence-electron chi connectivity index (χ3n) is 11.4. The standard InChI is InChI=1S/C45H71N5O9/c1-8-14-16-33(10-3)31-58-42-30-40(43(59-32-34(11-4)17-15-9-2)29-39(42)46-35-18-20-36(21-19-35)50(53)54)48-47-38-23-22-37(28-41(38)55-7)49(24-26-56-44(51)12-5)25-27-57-45(52)13-6/h12-13,18,20-23,29,33-35,37-42,46H,5-6,8-11,14-17,19,24-28,30-32H2,1-4,7H3/b48-47+. The second-order valence-electron chi connectivity index (χ2n) is 15.6. The lowest BCUT2D eigenvalue weighted by Gasteiger charge is -2.37. The Hall–Kier alpha value is -3.98. The maximum Gasteiger partial charge on any atom is 0.330 e. The number of hydrogen-bond acceptors (Lipinski definition) is 13. The maximum atomic E-state index is 11.7. The van der Waals surface area contributed by atoms with E-state index in [9.17, 15) is 19.7 Å². The number of unbranched alkanes of at least 4 members (excludes halogenated alkanes) is 2. The van der Waals surface area contributed by atoms with Crippen molar-refractivity contribution < 1.29 is 38.2 Å². The van der Waals surface area contributed by atoms with Gasteiger partial charge in [0.2, 0.25) is 0 Å². The van der Waals surface area contributed by atoms with Crippen LogP contribution in [0.1, 0.15) is 98.3 Å². The molecule has 0 heterocycles. The van der Waals surface area contributed by atoms with Gasteiger partial charge < -0.3 is 29.0 Å². The lowest BCUT2D eigenvalue weighted by Crippen LogP contribution is -2.49. The van der Waals surface area contributed by atoms with Crippen LogP contribution < -0.4 is 5.32 Å². The van der Waals surface area contributed by atoms with Gasteiger partial charge in [-0.1, -0.05) is 97.6 Å². The van der Waals surface area contributed by atoms with Crippen LogP contribution in [0.4, 0.5) is 0 Å². The minimum atomic E-state index is -0.505. The van der Waals surface area contributed by atoms with Crippen molar-refractivity contribution in [3.8, 4) is 0 Å². The van der Waals surface area contributed by atoms with E-state index >= 15 is 0 Å². The molecule has 0 saturated carbocycles. The van der Waals surface area contributed by atoms with Gasteiger partial charge in [-0.05, 0) is 49.7 Å². The molecule has 0 aromatic rings. The number of ether oxygens (including phenoxy) is 5. The van der Waals surface area contributed by atoms with E-state index in [-0.39, 0.29) is 66.3 Å². The molecule has 0 fully saturated rings. The van der Waals surface area contributed by atoms with Crippen LogP contribution >= 0.6 is 0 Å². The van der Waals surface area contributed by atoms with Crippen LogP contribution in [-0.2, 0) is 33.3 Å². The summed E-state index contributed by atoms with van der Waals surface area (Å²) in [5.41, 5.74) is 0.104. The lowest BCUT2D eigenvalue weighted by atomic mass is 9.91. The summed E-state index contributed by atoms with van der Waals surface area (Å²) in [4.78, 5) is 36.6. The third kappa shape index (κ3) is 17.3. The zero-order valence-electron chi connectivity index (χ0n) is 36.2. The highest BCUT2D eigenvalue weighted by atomic mass is 16.6. The molecule has 0 amide bonds. The number of nitro groups is 1. The van der Waals surface area contributed by atoms with E-state index in [2.05, 4.69) is 63.2 Å². The van der Waals surface area contributed by atoms with E-state index in [0.29, 0.717) is 57.4 Å². The van der Waals surface area contributed by atoms with Crippen molar-refractivity contribution in [1.29, 1.82) is 0 Å². The summed E-state index contributed by atoms with van der Waals surface area (Å²) in [5.74, 6) is 0.584. The number of allylic oxidation sites excluding steroid dienone is 1. The Morgan fingerprint density at radius 2 is 1.58 bits per heavy atom. The molecule has 59 heavy (non-hydrogen) atoms. The Kier molecular flexibility index (Phi) is 23.2. The molecule has 0 aromatic carbocycles. The molecule has 3 aliphatic carbocycles. The van der Waals surface area contributed by atoms with Crippen LogP contribution in [0.2, 0.25) is 0 Å². The molecule has 0 aliphatic heterocycles. The van der Waals surface area contributed by atoms with Gasteiger partial charge in [-0.15, -0.1) is 0 Å². The molecular weight excluding hydrogens is 755 g/mol. The second-order valence-corrected chi connectivity index (χ2v) is 15.6. The zero-order valence-corrected chi connectivity index (χ0v) is 36.2. The lowest BCUT2D eigenvalue weighted by molar-refractivity contribution is -0.419. The van der Waals surface area contributed by atoms with Crippen molar-refractivity contribution in [3.63, 3.8) is 0 Å². The second kappa shape index (κ2) is 27.7. The number of hydrogen-bond donors (Lipinski definition) is 1. The Morgan fingerprint density at radius 1 is 0.932 bits per heavy atom. The highest BCUT2D eigenvalue weighted by Gasteiger charge is 2.36. The summed E-state index contributed by atoms with van der Waals surface area (Å²) >= 11 is 0. The molecule has 0 aromatic heterocycles. The predicted octanol–water partition coefficient (Wildman–Crippen LogP) is 7.85. The molecule has 3 rings (SSSR count). The number of methoxy groups -OCH3 is 1. The number of nitrogens with zero attached hydrogens (tertiary/aromatic N) is 4. The quantitative estimate of drug-likeness (QED) is 0.0195. The number of azo groups is 1. The molecule has 14 nitrogen and oxygen atoms in total.